The molecule has 1 unspecified atom stereocenters. The summed E-state index contributed by atoms with van der Waals surface area (Å²) in [6, 6.07) is 14.8. The molecule has 0 aliphatic carbocycles. The maximum Gasteiger partial charge on any atom is 0.408 e. The summed E-state index contributed by atoms with van der Waals surface area (Å²) in [7, 11) is 0. The molecule has 0 aliphatic heterocycles. The molecule has 0 saturated heterocycles. The molecule has 2 aromatic carbocycles. The van der Waals surface area contributed by atoms with Crippen LogP contribution >= 0.6 is 11.6 Å². The van der Waals surface area contributed by atoms with Gasteiger partial charge in [-0.15, -0.1) is 0 Å². The van der Waals surface area contributed by atoms with Crippen molar-refractivity contribution in [1.29, 1.82) is 0 Å². The van der Waals surface area contributed by atoms with E-state index in [0.29, 0.717) is 22.1 Å². The number of benzene rings is 2. The molecule has 2 heterocycles. The highest BCUT2D eigenvalue weighted by Crippen LogP contribution is 2.27. The molecule has 0 radical (unpaired) electrons. The van der Waals surface area contributed by atoms with E-state index in [0.717, 1.165) is 16.8 Å². The first-order valence-corrected chi connectivity index (χ1v) is 14.0. The molecule has 42 heavy (non-hydrogen) atoms. The van der Waals surface area contributed by atoms with E-state index >= 15 is 0 Å². The first kappa shape index (κ1) is 30.5. The molecular formula is C31H35ClN6O4. The van der Waals surface area contributed by atoms with Gasteiger partial charge in [-0.1, -0.05) is 17.7 Å². The summed E-state index contributed by atoms with van der Waals surface area (Å²) in [6.07, 6.45) is 2.78. The molecule has 0 aliphatic rings. The van der Waals surface area contributed by atoms with Gasteiger partial charge in [-0.05, 0) is 101 Å². The molecule has 0 fully saturated rings. The molecule has 0 bridgehead atoms. The van der Waals surface area contributed by atoms with Crippen molar-refractivity contribution in [2.75, 3.05) is 5.32 Å². The van der Waals surface area contributed by atoms with Crippen molar-refractivity contribution in [1.82, 2.24) is 24.6 Å². The van der Waals surface area contributed by atoms with E-state index in [2.05, 4.69) is 20.7 Å². The fraction of sp³-hybridized carbons (Fsp3) is 0.323. The van der Waals surface area contributed by atoms with Crippen LogP contribution in [0, 0.1) is 6.92 Å². The average Bonchev–Trinajstić information content (AvgIpc) is 3.35. The summed E-state index contributed by atoms with van der Waals surface area (Å²) in [5.41, 5.74) is 2.76. The predicted octanol–water partition coefficient (Wildman–Crippen LogP) is 5.71. The number of pyridine rings is 1. The molecule has 0 spiro atoms. The van der Waals surface area contributed by atoms with Gasteiger partial charge in [-0.3, -0.25) is 9.59 Å². The number of nitrogens with one attached hydrogen (secondary N) is 2. The number of rotatable bonds is 8. The Bertz CT molecular complexity index is 1640. The highest BCUT2D eigenvalue weighted by molar-refractivity contribution is 6.31. The second-order valence-electron chi connectivity index (χ2n) is 11.2. The van der Waals surface area contributed by atoms with Crippen molar-refractivity contribution in [2.24, 2.45) is 0 Å². The zero-order valence-corrected chi connectivity index (χ0v) is 25.3. The van der Waals surface area contributed by atoms with Crippen molar-refractivity contribution in [3.8, 4) is 16.8 Å². The molecular weight excluding hydrogens is 556 g/mol. The first-order valence-electron chi connectivity index (χ1n) is 13.6. The van der Waals surface area contributed by atoms with Crippen LogP contribution in [0.2, 0.25) is 5.02 Å². The quantitative estimate of drug-likeness (QED) is 0.271. The van der Waals surface area contributed by atoms with E-state index < -0.39 is 23.6 Å². The van der Waals surface area contributed by atoms with Crippen LogP contribution in [-0.4, -0.2) is 43.0 Å². The van der Waals surface area contributed by atoms with Crippen LogP contribution in [0.25, 0.3) is 16.8 Å². The Labute approximate surface area is 249 Å². The minimum atomic E-state index is -1.00. The lowest BCUT2D eigenvalue weighted by molar-refractivity contribution is -0.118. The highest BCUT2D eigenvalue weighted by atomic mass is 35.5. The van der Waals surface area contributed by atoms with Gasteiger partial charge < -0.3 is 19.9 Å². The molecule has 4 aromatic rings. The van der Waals surface area contributed by atoms with Crippen LogP contribution in [0.15, 0.2) is 71.9 Å². The van der Waals surface area contributed by atoms with Crippen LogP contribution in [-0.2, 0) is 16.0 Å². The Morgan fingerprint density at radius 2 is 1.71 bits per heavy atom. The maximum absolute atomic E-state index is 13.5. The third-order valence-corrected chi connectivity index (χ3v) is 6.68. The Morgan fingerprint density at radius 3 is 2.33 bits per heavy atom. The summed E-state index contributed by atoms with van der Waals surface area (Å²) >= 11 is 6.58. The third-order valence-electron chi connectivity index (χ3n) is 6.31. The normalized spacial score (nSPS) is 12.2. The van der Waals surface area contributed by atoms with E-state index in [-0.39, 0.29) is 18.0 Å². The summed E-state index contributed by atoms with van der Waals surface area (Å²) in [5.74, 6) is 0.202. The number of carbonyl (C=O) groups excluding carboxylic acids is 2. The van der Waals surface area contributed by atoms with E-state index in [1.165, 1.54) is 6.07 Å². The predicted molar refractivity (Wildman–Crippen MR) is 163 cm³/mol. The van der Waals surface area contributed by atoms with Crippen molar-refractivity contribution in [3.63, 3.8) is 0 Å². The van der Waals surface area contributed by atoms with Gasteiger partial charge in [0.25, 0.3) is 5.56 Å². The molecule has 11 heteroatoms. The van der Waals surface area contributed by atoms with Gasteiger partial charge in [0.15, 0.2) is 0 Å². The summed E-state index contributed by atoms with van der Waals surface area (Å²) in [4.78, 5) is 42.6. The molecule has 2 aromatic heterocycles. The number of aryl methyl sites for hydroxylation is 1. The number of ether oxygens (including phenoxy) is 1. The molecule has 2 amide bonds. The number of amides is 2. The number of halogens is 1. The fourth-order valence-electron chi connectivity index (χ4n) is 4.26. The summed E-state index contributed by atoms with van der Waals surface area (Å²) < 4.78 is 8.72. The van der Waals surface area contributed by atoms with Gasteiger partial charge >= 0.3 is 6.09 Å². The zero-order valence-electron chi connectivity index (χ0n) is 24.5. The Morgan fingerprint density at radius 1 is 1.02 bits per heavy atom. The van der Waals surface area contributed by atoms with Gasteiger partial charge in [0.2, 0.25) is 5.91 Å². The smallest absolute Gasteiger partial charge is 0.408 e. The largest absolute Gasteiger partial charge is 0.444 e. The van der Waals surface area contributed by atoms with E-state index in [9.17, 15) is 14.4 Å². The first-order chi connectivity index (χ1) is 19.8. The number of hydrogen-bond donors (Lipinski definition) is 2. The van der Waals surface area contributed by atoms with Crippen LogP contribution in [0.1, 0.15) is 52.0 Å². The second-order valence-corrected chi connectivity index (χ2v) is 11.6. The molecule has 2 N–H and O–H groups in total. The minimum absolute atomic E-state index is 0.00952. The highest BCUT2D eigenvalue weighted by Gasteiger charge is 2.26. The van der Waals surface area contributed by atoms with Gasteiger partial charge in [-0.2, -0.15) is 5.10 Å². The minimum Gasteiger partial charge on any atom is -0.444 e. The number of hydrogen-bond acceptors (Lipinski definition) is 6. The third kappa shape index (κ3) is 7.85. The molecule has 10 nitrogen and oxygen atoms in total. The number of aromatic nitrogens is 4. The van der Waals surface area contributed by atoms with Crippen molar-refractivity contribution >= 4 is 29.3 Å². The van der Waals surface area contributed by atoms with Crippen LogP contribution in [0.3, 0.4) is 0 Å². The van der Waals surface area contributed by atoms with E-state index in [1.54, 1.807) is 85.9 Å². The molecule has 0 saturated carbocycles. The number of carbonyl (C=O) groups is 2. The Hall–Kier alpha value is -4.44. The summed E-state index contributed by atoms with van der Waals surface area (Å²) in [5, 5.41) is 10.3. The van der Waals surface area contributed by atoms with Gasteiger partial charge in [-0.25, -0.2) is 14.5 Å². The fourth-order valence-corrected chi connectivity index (χ4v) is 4.46. The lowest BCUT2D eigenvalue weighted by Gasteiger charge is -2.24. The molecule has 4 rings (SSSR count). The van der Waals surface area contributed by atoms with Crippen molar-refractivity contribution in [3.05, 3.63) is 93.9 Å². The Kier molecular flexibility index (Phi) is 9.16. The van der Waals surface area contributed by atoms with E-state index in [1.807, 2.05) is 26.0 Å². The average molecular weight is 591 g/mol. The van der Waals surface area contributed by atoms with Crippen LogP contribution in [0.5, 0.6) is 0 Å². The number of anilines is 1. The van der Waals surface area contributed by atoms with Crippen molar-refractivity contribution < 1.29 is 14.3 Å². The lowest BCUT2D eigenvalue weighted by Crippen LogP contribution is -2.47. The van der Waals surface area contributed by atoms with Crippen molar-refractivity contribution in [2.45, 2.75) is 65.6 Å². The SMILES string of the molecule is Cc1ncn(-c2ccc(NC(=O)C(Cc3cc(-c4ccc(=O)n(C(C)C)c4)ccc3Cl)NC(=O)OC(C)(C)C)cc2)n1. The second kappa shape index (κ2) is 12.6. The standard InChI is InChI=1S/C31H35ClN6O4/c1-19(2)37-17-22(8-14-28(37)39)21-7-13-26(32)23(15-21)16-27(35-30(41)42-31(4,5)6)29(40)34-24-9-11-25(12-10-24)38-18-33-20(3)36-38/h7-15,17-19,27H,16H2,1-6H3,(H,34,40)(H,35,41). The molecule has 1 atom stereocenters. The summed E-state index contributed by atoms with van der Waals surface area (Å²) in [6.45, 7) is 10.9. The molecule has 220 valence electrons. The topological polar surface area (TPSA) is 120 Å². The zero-order chi connectivity index (χ0) is 30.6. The van der Waals surface area contributed by atoms with Gasteiger partial charge in [0, 0.05) is 35.4 Å². The number of alkyl carbamates (subject to hydrolysis) is 1. The van der Waals surface area contributed by atoms with E-state index in [4.69, 9.17) is 16.3 Å². The lowest BCUT2D eigenvalue weighted by atomic mass is 9.99. The van der Waals surface area contributed by atoms with Gasteiger partial charge in [0.05, 0.1) is 5.69 Å². The Balaban J connectivity index is 1.60. The number of nitrogens with zero attached hydrogens (tertiary/aromatic N) is 4. The van der Waals surface area contributed by atoms with Gasteiger partial charge in [0.1, 0.15) is 23.8 Å². The maximum atomic E-state index is 13.5. The van der Waals surface area contributed by atoms with Crippen LogP contribution < -0.4 is 16.2 Å². The van der Waals surface area contributed by atoms with Crippen LogP contribution in [0.4, 0.5) is 10.5 Å². The monoisotopic (exact) mass is 590 g/mol.